The second kappa shape index (κ2) is 6.33. The van der Waals surface area contributed by atoms with Crippen LogP contribution in [0.25, 0.3) is 0 Å². The lowest BCUT2D eigenvalue weighted by Gasteiger charge is -1.98. The maximum atomic E-state index is 10.8. The molecule has 1 N–H and O–H groups in total. The molecule has 0 saturated carbocycles. The third-order valence-corrected chi connectivity index (χ3v) is 3.22. The molecule has 0 amide bonds. The van der Waals surface area contributed by atoms with Crippen molar-refractivity contribution in [2.45, 2.75) is 30.5 Å². The van der Waals surface area contributed by atoms with E-state index in [9.17, 15) is 4.79 Å². The summed E-state index contributed by atoms with van der Waals surface area (Å²) in [5, 5.41) is 13.3. The first kappa shape index (κ1) is 13.5. The van der Waals surface area contributed by atoms with Gasteiger partial charge in [-0.3, -0.25) is 0 Å². The fourth-order valence-corrected chi connectivity index (χ4v) is 2.17. The summed E-state index contributed by atoms with van der Waals surface area (Å²) in [6, 6.07) is 2.98. The van der Waals surface area contributed by atoms with Crippen molar-refractivity contribution in [3.63, 3.8) is 0 Å². The van der Waals surface area contributed by atoms with Crippen LogP contribution >= 0.6 is 11.8 Å². The van der Waals surface area contributed by atoms with E-state index in [1.54, 1.807) is 0 Å². The van der Waals surface area contributed by atoms with Crippen LogP contribution in [0.3, 0.4) is 0 Å². The minimum atomic E-state index is -0.965. The zero-order valence-electron chi connectivity index (χ0n) is 10.4. The predicted octanol–water partition coefficient (Wildman–Crippen LogP) is 2.41. The summed E-state index contributed by atoms with van der Waals surface area (Å²) in [6.07, 6.45) is 3.23. The summed E-state index contributed by atoms with van der Waals surface area (Å²) in [4.78, 5) is 19.1. The van der Waals surface area contributed by atoms with Gasteiger partial charge in [0.15, 0.2) is 5.82 Å². The van der Waals surface area contributed by atoms with Crippen molar-refractivity contribution < 1.29 is 14.4 Å². The van der Waals surface area contributed by atoms with Gasteiger partial charge in [-0.2, -0.15) is 4.98 Å². The first-order valence-electron chi connectivity index (χ1n) is 5.82. The number of hydrogen-bond donors (Lipinski definition) is 1. The van der Waals surface area contributed by atoms with Gasteiger partial charge in [-0.25, -0.2) is 9.78 Å². The Morgan fingerprint density at radius 2 is 2.37 bits per heavy atom. The lowest BCUT2D eigenvalue weighted by Crippen LogP contribution is -1.96. The fourth-order valence-electron chi connectivity index (χ4n) is 1.43. The van der Waals surface area contributed by atoms with Crippen LogP contribution in [-0.2, 0) is 12.2 Å². The number of rotatable bonds is 6. The number of carbonyl (C=O) groups is 1. The van der Waals surface area contributed by atoms with Crippen LogP contribution in [0, 0.1) is 0 Å². The number of nitrogens with zero attached hydrogens (tertiary/aromatic N) is 3. The summed E-state index contributed by atoms with van der Waals surface area (Å²) < 4.78 is 5.09. The summed E-state index contributed by atoms with van der Waals surface area (Å²) >= 11 is 1.37. The number of aromatic nitrogens is 3. The second-order valence-electron chi connectivity index (χ2n) is 3.83. The van der Waals surface area contributed by atoms with E-state index in [1.165, 1.54) is 30.1 Å². The Kier molecular flexibility index (Phi) is 4.51. The standard InChI is InChI=1S/C12H13N3O3S/c1-2-3-9-14-10(18-15-9)7-19-11-6-8(12(16)17)4-5-13-11/h4-6H,2-3,7H2,1H3,(H,16,17). The smallest absolute Gasteiger partial charge is 0.335 e. The maximum Gasteiger partial charge on any atom is 0.335 e. The highest BCUT2D eigenvalue weighted by Crippen LogP contribution is 2.20. The van der Waals surface area contributed by atoms with E-state index in [1.807, 2.05) is 6.92 Å². The van der Waals surface area contributed by atoms with Gasteiger partial charge < -0.3 is 9.63 Å². The zero-order chi connectivity index (χ0) is 13.7. The molecule has 0 unspecified atom stereocenters. The van der Waals surface area contributed by atoms with Crippen LogP contribution in [-0.4, -0.2) is 26.2 Å². The van der Waals surface area contributed by atoms with E-state index in [0.717, 1.165) is 12.8 Å². The molecule has 0 spiro atoms. The van der Waals surface area contributed by atoms with E-state index in [2.05, 4.69) is 15.1 Å². The number of carboxylic acid groups (broad SMARTS) is 1. The molecular formula is C12H13N3O3S. The molecule has 0 aliphatic carbocycles. The molecule has 100 valence electrons. The maximum absolute atomic E-state index is 10.8. The number of aromatic carboxylic acids is 1. The molecule has 0 radical (unpaired) electrons. The largest absolute Gasteiger partial charge is 0.478 e. The minimum Gasteiger partial charge on any atom is -0.478 e. The van der Waals surface area contributed by atoms with Crippen LogP contribution < -0.4 is 0 Å². The highest BCUT2D eigenvalue weighted by atomic mass is 32.2. The van der Waals surface area contributed by atoms with Crippen LogP contribution in [0.5, 0.6) is 0 Å². The fraction of sp³-hybridized carbons (Fsp3) is 0.333. The second-order valence-corrected chi connectivity index (χ2v) is 4.83. The van der Waals surface area contributed by atoms with Crippen LogP contribution in [0.2, 0.25) is 0 Å². The van der Waals surface area contributed by atoms with Crippen molar-refractivity contribution >= 4 is 17.7 Å². The summed E-state index contributed by atoms with van der Waals surface area (Å²) in [5.74, 6) is 0.737. The van der Waals surface area contributed by atoms with Gasteiger partial charge >= 0.3 is 5.97 Å². The van der Waals surface area contributed by atoms with Gasteiger partial charge in [-0.05, 0) is 18.6 Å². The molecule has 2 aromatic rings. The van der Waals surface area contributed by atoms with E-state index >= 15 is 0 Å². The van der Waals surface area contributed by atoms with E-state index < -0.39 is 5.97 Å². The van der Waals surface area contributed by atoms with Gasteiger partial charge in [0.25, 0.3) is 0 Å². The third-order valence-electron chi connectivity index (χ3n) is 2.31. The zero-order valence-corrected chi connectivity index (χ0v) is 11.2. The Balaban J connectivity index is 1.97. The van der Waals surface area contributed by atoms with Gasteiger partial charge in [0.05, 0.1) is 16.3 Å². The Hall–Kier alpha value is -1.89. The first-order chi connectivity index (χ1) is 9.19. The monoisotopic (exact) mass is 279 g/mol. The highest BCUT2D eigenvalue weighted by molar-refractivity contribution is 7.98. The van der Waals surface area contributed by atoms with Crippen LogP contribution in [0.4, 0.5) is 0 Å². The molecule has 0 aromatic carbocycles. The van der Waals surface area contributed by atoms with Crippen molar-refractivity contribution in [1.82, 2.24) is 15.1 Å². The molecule has 19 heavy (non-hydrogen) atoms. The Bertz CT molecular complexity index is 571. The van der Waals surface area contributed by atoms with Gasteiger partial charge in [0.2, 0.25) is 5.89 Å². The first-order valence-corrected chi connectivity index (χ1v) is 6.81. The Morgan fingerprint density at radius 3 is 3.11 bits per heavy atom. The topological polar surface area (TPSA) is 89.1 Å². The lowest BCUT2D eigenvalue weighted by atomic mass is 10.3. The molecule has 0 fully saturated rings. The number of thioether (sulfide) groups is 1. The molecule has 6 nitrogen and oxygen atoms in total. The minimum absolute atomic E-state index is 0.217. The Morgan fingerprint density at radius 1 is 1.53 bits per heavy atom. The van der Waals surface area contributed by atoms with Gasteiger partial charge in [-0.15, -0.1) is 0 Å². The third kappa shape index (κ3) is 3.78. The molecule has 0 bridgehead atoms. The van der Waals surface area contributed by atoms with E-state index in [-0.39, 0.29) is 5.56 Å². The van der Waals surface area contributed by atoms with Gasteiger partial charge in [0, 0.05) is 12.6 Å². The molecule has 2 heterocycles. The van der Waals surface area contributed by atoms with Crippen molar-refractivity contribution in [1.29, 1.82) is 0 Å². The van der Waals surface area contributed by atoms with Gasteiger partial charge in [0.1, 0.15) is 0 Å². The lowest BCUT2D eigenvalue weighted by molar-refractivity contribution is 0.0696. The number of carboxylic acids is 1. The molecular weight excluding hydrogens is 266 g/mol. The Labute approximate surface area is 114 Å². The van der Waals surface area contributed by atoms with Crippen molar-refractivity contribution in [2.24, 2.45) is 0 Å². The van der Waals surface area contributed by atoms with Crippen molar-refractivity contribution in [2.75, 3.05) is 0 Å². The molecule has 0 saturated heterocycles. The molecule has 0 aliphatic rings. The summed E-state index contributed by atoms with van der Waals surface area (Å²) in [7, 11) is 0. The van der Waals surface area contributed by atoms with E-state index in [4.69, 9.17) is 9.63 Å². The SMILES string of the molecule is CCCc1noc(CSc2cc(C(=O)O)ccn2)n1. The summed E-state index contributed by atoms with van der Waals surface area (Å²) in [6.45, 7) is 2.05. The van der Waals surface area contributed by atoms with Crippen LogP contribution in [0.1, 0.15) is 35.4 Å². The van der Waals surface area contributed by atoms with Crippen LogP contribution in [0.15, 0.2) is 27.9 Å². The summed E-state index contributed by atoms with van der Waals surface area (Å²) in [5.41, 5.74) is 0.217. The van der Waals surface area contributed by atoms with Gasteiger partial charge in [-0.1, -0.05) is 23.8 Å². The average molecular weight is 279 g/mol. The highest BCUT2D eigenvalue weighted by Gasteiger charge is 2.08. The molecule has 2 rings (SSSR count). The van der Waals surface area contributed by atoms with Crippen molar-refractivity contribution in [3.8, 4) is 0 Å². The molecule has 0 aliphatic heterocycles. The quantitative estimate of drug-likeness (QED) is 0.812. The average Bonchev–Trinajstić information content (AvgIpc) is 2.85. The normalized spacial score (nSPS) is 10.6. The van der Waals surface area contributed by atoms with E-state index in [0.29, 0.717) is 22.5 Å². The number of pyridine rings is 1. The molecule has 7 heteroatoms. The predicted molar refractivity (Wildman–Crippen MR) is 69.1 cm³/mol. The van der Waals surface area contributed by atoms with Crippen molar-refractivity contribution in [3.05, 3.63) is 35.6 Å². The molecule has 2 aromatic heterocycles. The number of hydrogen-bond acceptors (Lipinski definition) is 6. The number of aryl methyl sites for hydroxylation is 1. The molecule has 0 atom stereocenters.